The van der Waals surface area contributed by atoms with Gasteiger partial charge in [0.15, 0.2) is 5.65 Å². The number of imidazole rings is 1. The number of aromatic nitrogens is 3. The molecule has 0 spiro atoms. The number of halogens is 3. The molecule has 0 saturated carbocycles. The molecule has 0 aliphatic rings. The molecule has 0 unspecified atom stereocenters. The maximum atomic E-state index is 13.3. The third-order valence-corrected chi connectivity index (χ3v) is 4.84. The van der Waals surface area contributed by atoms with E-state index >= 15 is 0 Å². The maximum Gasteiger partial charge on any atom is 0.410 e. The van der Waals surface area contributed by atoms with Crippen molar-refractivity contribution in [2.24, 2.45) is 5.92 Å². The largest absolute Gasteiger partial charge is 0.444 e. The maximum absolute atomic E-state index is 13.3. The van der Waals surface area contributed by atoms with Crippen LogP contribution in [0.25, 0.3) is 11.2 Å². The fourth-order valence-electron chi connectivity index (χ4n) is 3.12. The number of rotatable bonds is 7. The zero-order valence-corrected chi connectivity index (χ0v) is 19.9. The Morgan fingerprint density at radius 1 is 1.22 bits per heavy atom. The quantitative estimate of drug-likeness (QED) is 0.411. The highest BCUT2D eigenvalue weighted by molar-refractivity contribution is 6.34. The van der Waals surface area contributed by atoms with Crippen LogP contribution in [-0.4, -0.2) is 44.6 Å². The molecule has 3 aromatic rings. The van der Waals surface area contributed by atoms with Crippen LogP contribution in [0.2, 0.25) is 10.0 Å². The van der Waals surface area contributed by atoms with Crippen LogP contribution in [0.5, 0.6) is 0 Å². The second-order valence-corrected chi connectivity index (χ2v) is 9.58. The predicted octanol–water partition coefficient (Wildman–Crippen LogP) is 5.89. The number of carbonyl (C=O) groups is 1. The molecule has 2 aromatic heterocycles. The minimum atomic E-state index is -0.626. The Balaban J connectivity index is 1.68. The second kappa shape index (κ2) is 9.92. The van der Waals surface area contributed by atoms with Crippen LogP contribution >= 0.6 is 23.2 Å². The Labute approximate surface area is 196 Å². The van der Waals surface area contributed by atoms with E-state index < -0.39 is 17.6 Å². The van der Waals surface area contributed by atoms with Crippen LogP contribution in [0.15, 0.2) is 30.3 Å². The van der Waals surface area contributed by atoms with Gasteiger partial charge in [-0.15, -0.1) is 0 Å². The predicted molar refractivity (Wildman–Crippen MR) is 125 cm³/mol. The minimum Gasteiger partial charge on any atom is -0.444 e. The summed E-state index contributed by atoms with van der Waals surface area (Å²) in [5.41, 5.74) is 1.11. The molecule has 0 aliphatic heterocycles. The molecule has 7 nitrogen and oxygen atoms in total. The summed E-state index contributed by atoms with van der Waals surface area (Å²) in [6.45, 7) is 8.69. The molecule has 1 atom stereocenters. The van der Waals surface area contributed by atoms with Crippen LogP contribution in [0, 0.1) is 11.9 Å². The van der Waals surface area contributed by atoms with Gasteiger partial charge < -0.3 is 19.9 Å². The van der Waals surface area contributed by atoms with Crippen molar-refractivity contribution >= 4 is 46.4 Å². The fourth-order valence-corrected chi connectivity index (χ4v) is 3.69. The first kappa shape index (κ1) is 24.1. The lowest BCUT2D eigenvalue weighted by Crippen LogP contribution is -2.40. The topological polar surface area (TPSA) is 83.1 Å². The van der Waals surface area contributed by atoms with Crippen molar-refractivity contribution in [1.82, 2.24) is 19.9 Å². The lowest BCUT2D eigenvalue weighted by Gasteiger charge is -2.29. The highest BCUT2D eigenvalue weighted by Gasteiger charge is 2.24. The van der Waals surface area contributed by atoms with Crippen molar-refractivity contribution in [3.63, 3.8) is 0 Å². The zero-order valence-electron chi connectivity index (χ0n) is 18.4. The first-order valence-corrected chi connectivity index (χ1v) is 10.9. The van der Waals surface area contributed by atoms with E-state index in [0.29, 0.717) is 46.8 Å². The second-order valence-electron chi connectivity index (χ2n) is 8.71. The van der Waals surface area contributed by atoms with Gasteiger partial charge in [-0.25, -0.2) is 9.78 Å². The van der Waals surface area contributed by atoms with Crippen molar-refractivity contribution in [2.75, 3.05) is 18.4 Å². The monoisotopic (exact) mass is 481 g/mol. The average Bonchev–Trinajstić information content (AvgIpc) is 3.05. The third kappa shape index (κ3) is 6.97. The summed E-state index contributed by atoms with van der Waals surface area (Å²) in [5, 5.41) is 4.18. The Kier molecular flexibility index (Phi) is 7.46. The summed E-state index contributed by atoms with van der Waals surface area (Å²) < 4.78 is 18.9. The number of nitrogens with zero attached hydrogens (tertiary/aromatic N) is 3. The van der Waals surface area contributed by atoms with E-state index in [2.05, 4.69) is 20.3 Å². The molecule has 2 heterocycles. The Bertz CT molecular complexity index is 1080. The van der Waals surface area contributed by atoms with Crippen LogP contribution < -0.4 is 5.32 Å². The molecule has 0 radical (unpaired) electrons. The molecule has 0 fully saturated rings. The number of pyridine rings is 1. The minimum absolute atomic E-state index is 0.0371. The van der Waals surface area contributed by atoms with Gasteiger partial charge in [-0.1, -0.05) is 30.1 Å². The third-order valence-electron chi connectivity index (χ3n) is 4.41. The van der Waals surface area contributed by atoms with Gasteiger partial charge in [0.2, 0.25) is 11.9 Å². The summed E-state index contributed by atoms with van der Waals surface area (Å²) in [6, 6.07) is 8.01. The Morgan fingerprint density at radius 2 is 1.91 bits per heavy atom. The number of ether oxygens (including phenoxy) is 1. The zero-order chi connectivity index (χ0) is 23.5. The SMILES string of the molecule is C[C@H](CNc1nc2ccc(F)nc2[nH]1)CN(Cc1cc(Cl)cc(Cl)c1)C(=O)OC(C)(C)C. The summed E-state index contributed by atoms with van der Waals surface area (Å²) in [6.07, 6.45) is -0.427. The highest BCUT2D eigenvalue weighted by atomic mass is 35.5. The fraction of sp³-hybridized carbons (Fsp3) is 0.409. The van der Waals surface area contributed by atoms with Gasteiger partial charge in [0.1, 0.15) is 11.1 Å². The van der Waals surface area contributed by atoms with E-state index in [1.165, 1.54) is 6.07 Å². The van der Waals surface area contributed by atoms with Crippen molar-refractivity contribution in [3.05, 3.63) is 51.9 Å². The number of hydrogen-bond donors (Lipinski definition) is 2. The number of benzene rings is 1. The lowest BCUT2D eigenvalue weighted by atomic mass is 10.1. The molecule has 10 heteroatoms. The van der Waals surface area contributed by atoms with Crippen molar-refractivity contribution in [3.8, 4) is 0 Å². The van der Waals surface area contributed by atoms with Crippen LogP contribution in [0.3, 0.4) is 0 Å². The highest BCUT2D eigenvalue weighted by Crippen LogP contribution is 2.22. The first-order valence-electron chi connectivity index (χ1n) is 10.2. The van der Waals surface area contributed by atoms with Gasteiger partial charge in [-0.2, -0.15) is 9.37 Å². The van der Waals surface area contributed by atoms with E-state index in [-0.39, 0.29) is 5.92 Å². The smallest absolute Gasteiger partial charge is 0.410 e. The standard InChI is InChI=1S/C22H26Cl2FN5O2/c1-13(10-26-20-27-17-5-6-18(25)28-19(17)29-20)11-30(21(31)32-22(2,3)4)12-14-7-15(23)9-16(24)8-14/h5-9,13H,10-12H2,1-4H3,(H2,26,27,28,29)/t13-/m1/s1. The number of hydrogen-bond acceptors (Lipinski definition) is 5. The van der Waals surface area contributed by atoms with E-state index in [4.69, 9.17) is 27.9 Å². The van der Waals surface area contributed by atoms with Crippen LogP contribution in [0.4, 0.5) is 15.1 Å². The number of anilines is 1. The van der Waals surface area contributed by atoms with Crippen molar-refractivity contribution < 1.29 is 13.9 Å². The molecule has 172 valence electrons. The van der Waals surface area contributed by atoms with Crippen molar-refractivity contribution in [1.29, 1.82) is 0 Å². The van der Waals surface area contributed by atoms with E-state index in [1.807, 2.05) is 27.7 Å². The molecule has 32 heavy (non-hydrogen) atoms. The van der Waals surface area contributed by atoms with Crippen LogP contribution in [-0.2, 0) is 11.3 Å². The normalized spacial score (nSPS) is 12.6. The van der Waals surface area contributed by atoms with Gasteiger partial charge in [0.05, 0.1) is 0 Å². The van der Waals surface area contributed by atoms with E-state index in [9.17, 15) is 9.18 Å². The number of amides is 1. The van der Waals surface area contributed by atoms with E-state index in [0.717, 1.165) is 5.56 Å². The first-order chi connectivity index (χ1) is 15.0. The average molecular weight is 482 g/mol. The summed E-state index contributed by atoms with van der Waals surface area (Å²) in [7, 11) is 0. The number of carbonyl (C=O) groups excluding carboxylic acids is 1. The molecule has 1 amide bonds. The molecular formula is C22H26Cl2FN5O2. The Hall–Kier alpha value is -2.58. The van der Waals surface area contributed by atoms with Gasteiger partial charge in [-0.05, 0) is 62.6 Å². The Morgan fingerprint density at radius 3 is 2.56 bits per heavy atom. The molecule has 0 saturated heterocycles. The molecule has 2 N–H and O–H groups in total. The summed E-state index contributed by atoms with van der Waals surface area (Å²) >= 11 is 12.2. The van der Waals surface area contributed by atoms with Gasteiger partial charge in [-0.3, -0.25) is 0 Å². The van der Waals surface area contributed by atoms with Crippen LogP contribution in [0.1, 0.15) is 33.3 Å². The number of nitrogens with one attached hydrogen (secondary N) is 2. The summed E-state index contributed by atoms with van der Waals surface area (Å²) in [4.78, 5) is 25.5. The number of fused-ring (bicyclic) bond motifs is 1. The number of H-pyrrole nitrogens is 1. The number of aromatic amines is 1. The summed E-state index contributed by atoms with van der Waals surface area (Å²) in [5.74, 6) is -0.0549. The molecule has 0 bridgehead atoms. The molecule has 0 aliphatic carbocycles. The molecular weight excluding hydrogens is 456 g/mol. The molecule has 1 aromatic carbocycles. The van der Waals surface area contributed by atoms with Gasteiger partial charge in [0, 0.05) is 29.7 Å². The molecule has 3 rings (SSSR count). The van der Waals surface area contributed by atoms with E-state index in [1.54, 1.807) is 29.2 Å². The van der Waals surface area contributed by atoms with Gasteiger partial charge >= 0.3 is 6.09 Å². The lowest BCUT2D eigenvalue weighted by molar-refractivity contribution is 0.0210. The van der Waals surface area contributed by atoms with Gasteiger partial charge in [0.25, 0.3) is 0 Å². The van der Waals surface area contributed by atoms with Crippen molar-refractivity contribution in [2.45, 2.75) is 39.8 Å².